The molecule has 0 unspecified atom stereocenters. The Hall–Kier alpha value is -3.21. The van der Waals surface area contributed by atoms with Crippen molar-refractivity contribution in [2.45, 2.75) is 33.7 Å². The van der Waals surface area contributed by atoms with Gasteiger partial charge in [0, 0.05) is 41.1 Å². The van der Waals surface area contributed by atoms with E-state index in [1.165, 1.54) is 0 Å². The van der Waals surface area contributed by atoms with E-state index >= 15 is 0 Å². The van der Waals surface area contributed by atoms with Gasteiger partial charge in [0.2, 0.25) is 5.91 Å². The molecule has 1 amide bonds. The Kier molecular flexibility index (Phi) is 4.82. The van der Waals surface area contributed by atoms with Crippen LogP contribution in [0.25, 0.3) is 11.3 Å². The minimum absolute atomic E-state index is 0.00802. The van der Waals surface area contributed by atoms with Gasteiger partial charge in [0.15, 0.2) is 5.78 Å². The average molecular weight is 387 g/mol. The Balaban J connectivity index is 1.80. The second-order valence-corrected chi connectivity index (χ2v) is 8.56. The third-order valence-electron chi connectivity index (χ3n) is 5.27. The molecule has 1 aliphatic heterocycles. The minimum Gasteiger partial charge on any atom is -0.356 e. The zero-order valence-corrected chi connectivity index (χ0v) is 17.0. The Labute approximate surface area is 170 Å². The van der Waals surface area contributed by atoms with Gasteiger partial charge in [-0.25, -0.2) is 0 Å². The summed E-state index contributed by atoms with van der Waals surface area (Å²) in [6.07, 6.45) is 4.15. The summed E-state index contributed by atoms with van der Waals surface area (Å²) in [7, 11) is 0. The number of aromatic nitrogens is 2. The second kappa shape index (κ2) is 7.32. The molecule has 0 aliphatic carbocycles. The van der Waals surface area contributed by atoms with Crippen molar-refractivity contribution >= 4 is 11.7 Å². The van der Waals surface area contributed by atoms with Crippen LogP contribution in [-0.4, -0.2) is 33.1 Å². The molecule has 1 aromatic carbocycles. The topological polar surface area (TPSA) is 66.1 Å². The number of hydrogen-bond acceptors (Lipinski definition) is 3. The maximum Gasteiger partial charge on any atom is 0.228 e. The van der Waals surface area contributed by atoms with Crippen LogP contribution in [0.4, 0.5) is 0 Å². The molecule has 5 heteroatoms. The van der Waals surface area contributed by atoms with Crippen LogP contribution in [0.1, 0.15) is 48.0 Å². The van der Waals surface area contributed by atoms with Gasteiger partial charge in [0.25, 0.3) is 0 Å². The van der Waals surface area contributed by atoms with Gasteiger partial charge in [-0.2, -0.15) is 0 Å². The molecule has 1 N–H and O–H groups in total. The first-order valence-electron chi connectivity index (χ1n) is 9.85. The first kappa shape index (κ1) is 19.1. The number of fused-ring (bicyclic) bond motifs is 1. The van der Waals surface area contributed by atoms with E-state index in [2.05, 4.69) is 22.1 Å². The Morgan fingerprint density at radius 2 is 1.76 bits per heavy atom. The van der Waals surface area contributed by atoms with Gasteiger partial charge in [-0.3, -0.25) is 14.6 Å². The first-order chi connectivity index (χ1) is 13.8. The van der Waals surface area contributed by atoms with Crippen LogP contribution in [0.5, 0.6) is 0 Å². The maximum absolute atomic E-state index is 13.2. The Bertz CT molecular complexity index is 1050. The summed E-state index contributed by atoms with van der Waals surface area (Å²) in [6.45, 7) is 6.19. The molecule has 2 aromatic heterocycles. The van der Waals surface area contributed by atoms with Crippen LogP contribution in [0.2, 0.25) is 0 Å². The fourth-order valence-corrected chi connectivity index (χ4v) is 3.91. The number of pyridine rings is 1. The molecule has 5 nitrogen and oxygen atoms in total. The van der Waals surface area contributed by atoms with Crippen LogP contribution in [0.15, 0.2) is 54.9 Å². The monoisotopic (exact) mass is 387 g/mol. The van der Waals surface area contributed by atoms with Gasteiger partial charge in [-0.05, 0) is 23.3 Å². The van der Waals surface area contributed by atoms with Crippen molar-refractivity contribution in [1.82, 2.24) is 14.9 Å². The SMILES string of the molecule is CC(C)(C)C(=O)N1CC(=O)c2c([nH]c(-c3ccncc3)c2Cc2ccccc2)C1. The quantitative estimate of drug-likeness (QED) is 0.731. The normalized spacial score (nSPS) is 14.0. The second-order valence-electron chi connectivity index (χ2n) is 8.56. The summed E-state index contributed by atoms with van der Waals surface area (Å²) in [4.78, 5) is 35.2. The van der Waals surface area contributed by atoms with Gasteiger partial charge in [0.05, 0.1) is 18.8 Å². The smallest absolute Gasteiger partial charge is 0.228 e. The summed E-state index contributed by atoms with van der Waals surface area (Å²) in [6, 6.07) is 14.0. The van der Waals surface area contributed by atoms with Crippen molar-refractivity contribution in [3.05, 3.63) is 77.2 Å². The number of aromatic amines is 1. The highest BCUT2D eigenvalue weighted by Gasteiger charge is 2.35. The number of rotatable bonds is 3. The lowest BCUT2D eigenvalue weighted by Crippen LogP contribution is -2.44. The third-order valence-corrected chi connectivity index (χ3v) is 5.27. The number of nitrogens with one attached hydrogen (secondary N) is 1. The van der Waals surface area contributed by atoms with Crippen LogP contribution in [-0.2, 0) is 17.8 Å². The van der Waals surface area contributed by atoms with Crippen LogP contribution < -0.4 is 0 Å². The molecule has 0 saturated carbocycles. The van der Waals surface area contributed by atoms with Gasteiger partial charge in [0.1, 0.15) is 0 Å². The summed E-state index contributed by atoms with van der Waals surface area (Å²) in [5, 5.41) is 0. The van der Waals surface area contributed by atoms with E-state index in [9.17, 15) is 9.59 Å². The van der Waals surface area contributed by atoms with Crippen LogP contribution in [0.3, 0.4) is 0 Å². The van der Waals surface area contributed by atoms with Gasteiger partial charge in [-0.15, -0.1) is 0 Å². The molecular formula is C24H25N3O2. The molecule has 0 radical (unpaired) electrons. The number of carbonyl (C=O) groups is 2. The molecule has 0 bridgehead atoms. The summed E-state index contributed by atoms with van der Waals surface area (Å²) < 4.78 is 0. The molecule has 0 fully saturated rings. The van der Waals surface area contributed by atoms with Crippen LogP contribution in [0, 0.1) is 5.41 Å². The van der Waals surface area contributed by atoms with E-state index in [4.69, 9.17) is 0 Å². The summed E-state index contributed by atoms with van der Waals surface area (Å²) >= 11 is 0. The number of H-pyrrole nitrogens is 1. The lowest BCUT2D eigenvalue weighted by molar-refractivity contribution is -0.139. The van der Waals surface area contributed by atoms with E-state index in [1.807, 2.05) is 51.1 Å². The highest BCUT2D eigenvalue weighted by atomic mass is 16.2. The van der Waals surface area contributed by atoms with E-state index in [-0.39, 0.29) is 18.2 Å². The summed E-state index contributed by atoms with van der Waals surface area (Å²) in [5.74, 6) is -0.0208. The molecule has 0 atom stereocenters. The highest BCUT2D eigenvalue weighted by molar-refractivity contribution is 6.04. The number of carbonyl (C=O) groups excluding carboxylic acids is 2. The van der Waals surface area contributed by atoms with E-state index in [0.29, 0.717) is 13.0 Å². The lowest BCUT2D eigenvalue weighted by Gasteiger charge is -2.31. The molecule has 3 heterocycles. The lowest BCUT2D eigenvalue weighted by atomic mass is 9.91. The number of amides is 1. The standard InChI is InChI=1S/C24H25N3O2/c1-24(2,3)23(29)27-14-19-21(20(28)15-27)18(13-16-7-5-4-6-8-16)22(26-19)17-9-11-25-12-10-17/h4-12,26H,13-15H2,1-3H3. The number of ketones is 1. The Morgan fingerprint density at radius 3 is 2.41 bits per heavy atom. The molecular weight excluding hydrogens is 362 g/mol. The first-order valence-corrected chi connectivity index (χ1v) is 9.85. The highest BCUT2D eigenvalue weighted by Crippen LogP contribution is 2.34. The van der Waals surface area contributed by atoms with E-state index < -0.39 is 5.41 Å². The van der Waals surface area contributed by atoms with Gasteiger partial charge >= 0.3 is 0 Å². The molecule has 1 aliphatic rings. The number of hydrogen-bond donors (Lipinski definition) is 1. The van der Waals surface area contributed by atoms with Crippen molar-refractivity contribution in [3.63, 3.8) is 0 Å². The molecule has 148 valence electrons. The van der Waals surface area contributed by atoms with Gasteiger partial charge < -0.3 is 9.88 Å². The molecule has 0 saturated heterocycles. The fourth-order valence-electron chi connectivity index (χ4n) is 3.91. The predicted octanol–water partition coefficient (Wildman–Crippen LogP) is 4.24. The van der Waals surface area contributed by atoms with Crippen molar-refractivity contribution in [2.24, 2.45) is 5.41 Å². The Morgan fingerprint density at radius 1 is 1.07 bits per heavy atom. The largest absolute Gasteiger partial charge is 0.356 e. The zero-order chi connectivity index (χ0) is 20.6. The molecule has 29 heavy (non-hydrogen) atoms. The number of benzene rings is 1. The van der Waals surface area contributed by atoms with Crippen LogP contribution >= 0.6 is 0 Å². The predicted molar refractivity (Wildman–Crippen MR) is 112 cm³/mol. The number of nitrogens with zero attached hydrogens (tertiary/aromatic N) is 2. The van der Waals surface area contributed by atoms with Crippen molar-refractivity contribution in [1.29, 1.82) is 0 Å². The van der Waals surface area contributed by atoms with Crippen molar-refractivity contribution in [3.8, 4) is 11.3 Å². The van der Waals surface area contributed by atoms with Crippen molar-refractivity contribution < 1.29 is 9.59 Å². The molecule has 4 rings (SSSR count). The van der Waals surface area contributed by atoms with Gasteiger partial charge in [-0.1, -0.05) is 51.1 Å². The maximum atomic E-state index is 13.2. The average Bonchev–Trinajstić information content (AvgIpc) is 3.07. The van der Waals surface area contributed by atoms with E-state index in [1.54, 1.807) is 17.3 Å². The fraction of sp³-hybridized carbons (Fsp3) is 0.292. The third kappa shape index (κ3) is 3.73. The van der Waals surface area contributed by atoms with E-state index in [0.717, 1.165) is 33.6 Å². The van der Waals surface area contributed by atoms with Crippen molar-refractivity contribution in [2.75, 3.05) is 6.54 Å². The zero-order valence-electron chi connectivity index (χ0n) is 17.0. The molecule has 3 aromatic rings. The number of Topliss-reactive ketones (excluding diaryl/α,β-unsaturated/α-hetero) is 1. The summed E-state index contributed by atoms with van der Waals surface area (Å²) in [5.41, 5.74) is 5.08. The molecule has 0 spiro atoms. The minimum atomic E-state index is -0.523.